The minimum atomic E-state index is -1.17. The number of nitrogens with one attached hydrogen (secondary N) is 1. The summed E-state index contributed by atoms with van der Waals surface area (Å²) in [4.78, 5) is 22.2. The summed E-state index contributed by atoms with van der Waals surface area (Å²) in [5, 5.41) is 23.7. The maximum absolute atomic E-state index is 11.5. The number of aliphatic hydroxyl groups is 1. The fourth-order valence-corrected chi connectivity index (χ4v) is 1.32. The third-order valence-electron chi connectivity index (χ3n) is 2.30. The van der Waals surface area contributed by atoms with Crippen LogP contribution in [0.5, 0.6) is 0 Å². The number of carbonyl (C=O) groups is 2. The van der Waals surface area contributed by atoms with Gasteiger partial charge in [0.05, 0.1) is 5.69 Å². The van der Waals surface area contributed by atoms with E-state index in [9.17, 15) is 9.59 Å². The van der Waals surface area contributed by atoms with Gasteiger partial charge in [-0.3, -0.25) is 9.48 Å². The number of aliphatic hydroxyl groups excluding tert-OH is 1. The van der Waals surface area contributed by atoms with E-state index in [1.165, 1.54) is 12.2 Å². The molecule has 0 aliphatic heterocycles. The maximum Gasteiger partial charge on any atom is 0.326 e. The molecule has 1 heterocycles. The number of carboxylic acids is 1. The van der Waals surface area contributed by atoms with E-state index in [1.54, 1.807) is 24.0 Å². The van der Waals surface area contributed by atoms with Gasteiger partial charge in [0.25, 0.3) is 0 Å². The average molecular weight is 253 g/mol. The van der Waals surface area contributed by atoms with Gasteiger partial charge in [0, 0.05) is 32.3 Å². The van der Waals surface area contributed by atoms with Crippen molar-refractivity contribution in [3.63, 3.8) is 0 Å². The first-order valence-electron chi connectivity index (χ1n) is 5.35. The number of hydrogen-bond acceptors (Lipinski definition) is 4. The van der Waals surface area contributed by atoms with Crippen LogP contribution >= 0.6 is 0 Å². The Hall–Kier alpha value is -2.15. The Balaban J connectivity index is 2.58. The Bertz CT molecular complexity index is 453. The molecule has 0 spiro atoms. The van der Waals surface area contributed by atoms with E-state index >= 15 is 0 Å². The molecule has 3 N–H and O–H groups in total. The Kier molecular flexibility index (Phi) is 5.06. The molecule has 1 aromatic rings. The van der Waals surface area contributed by atoms with Gasteiger partial charge in [-0.25, -0.2) is 4.79 Å². The zero-order valence-electron chi connectivity index (χ0n) is 9.91. The maximum atomic E-state index is 11.5. The van der Waals surface area contributed by atoms with E-state index in [0.717, 1.165) is 5.69 Å². The highest BCUT2D eigenvalue weighted by Gasteiger charge is 2.17. The van der Waals surface area contributed by atoms with E-state index in [-0.39, 0.29) is 13.0 Å². The van der Waals surface area contributed by atoms with Crippen molar-refractivity contribution < 1.29 is 19.8 Å². The van der Waals surface area contributed by atoms with Gasteiger partial charge in [-0.2, -0.15) is 5.10 Å². The number of rotatable bonds is 6. The third-order valence-corrected chi connectivity index (χ3v) is 2.30. The molecule has 0 bridgehead atoms. The summed E-state index contributed by atoms with van der Waals surface area (Å²) < 4.78 is 1.58. The zero-order chi connectivity index (χ0) is 13.5. The van der Waals surface area contributed by atoms with Crippen molar-refractivity contribution in [3.8, 4) is 0 Å². The molecule has 1 amide bonds. The van der Waals surface area contributed by atoms with Crippen LogP contribution in [-0.4, -0.2) is 44.5 Å². The molecule has 7 nitrogen and oxygen atoms in total. The highest BCUT2D eigenvalue weighted by Crippen LogP contribution is 1.99. The topological polar surface area (TPSA) is 104 Å². The molecule has 0 aliphatic rings. The van der Waals surface area contributed by atoms with Crippen molar-refractivity contribution in [1.82, 2.24) is 15.1 Å². The number of carbonyl (C=O) groups excluding carboxylic acids is 1. The predicted octanol–water partition coefficient (Wildman–Crippen LogP) is -0.615. The number of amides is 1. The molecule has 1 unspecified atom stereocenters. The summed E-state index contributed by atoms with van der Waals surface area (Å²) in [6, 6.07) is 0.630. The van der Waals surface area contributed by atoms with Crippen LogP contribution < -0.4 is 5.32 Å². The minimum Gasteiger partial charge on any atom is -0.480 e. The van der Waals surface area contributed by atoms with Crippen LogP contribution in [0.4, 0.5) is 0 Å². The van der Waals surface area contributed by atoms with Crippen molar-refractivity contribution in [2.75, 3.05) is 6.61 Å². The summed E-state index contributed by atoms with van der Waals surface area (Å²) in [5.74, 6) is -1.71. The van der Waals surface area contributed by atoms with E-state index in [4.69, 9.17) is 10.2 Å². The first kappa shape index (κ1) is 13.9. The Morgan fingerprint density at radius 1 is 1.61 bits per heavy atom. The fraction of sp³-hybridized carbons (Fsp3) is 0.364. The number of aryl methyl sites for hydroxylation is 1. The van der Waals surface area contributed by atoms with Crippen LogP contribution in [0.2, 0.25) is 0 Å². The number of aliphatic carboxylic acids is 1. The smallest absolute Gasteiger partial charge is 0.326 e. The highest BCUT2D eigenvalue weighted by atomic mass is 16.4. The third kappa shape index (κ3) is 4.02. The van der Waals surface area contributed by atoms with E-state index in [2.05, 4.69) is 10.4 Å². The fourth-order valence-electron chi connectivity index (χ4n) is 1.32. The number of carboxylic acid groups (broad SMARTS) is 1. The van der Waals surface area contributed by atoms with Crippen LogP contribution in [0.1, 0.15) is 12.1 Å². The minimum absolute atomic E-state index is 0.0272. The monoisotopic (exact) mass is 253 g/mol. The molecule has 7 heteroatoms. The average Bonchev–Trinajstić information content (AvgIpc) is 2.71. The summed E-state index contributed by atoms with van der Waals surface area (Å²) in [5.41, 5.74) is 0.721. The first-order chi connectivity index (χ1) is 8.54. The van der Waals surface area contributed by atoms with Crippen LogP contribution in [0, 0.1) is 0 Å². The predicted molar refractivity (Wildman–Crippen MR) is 63.5 cm³/mol. The van der Waals surface area contributed by atoms with Crippen LogP contribution in [-0.2, 0) is 16.6 Å². The summed E-state index contributed by atoms with van der Waals surface area (Å²) in [6.07, 6.45) is 4.31. The normalized spacial score (nSPS) is 12.6. The van der Waals surface area contributed by atoms with Crippen molar-refractivity contribution >= 4 is 18.0 Å². The van der Waals surface area contributed by atoms with Gasteiger partial charge in [0.1, 0.15) is 6.04 Å². The molecular weight excluding hydrogens is 238 g/mol. The lowest BCUT2D eigenvalue weighted by atomic mass is 10.2. The highest BCUT2D eigenvalue weighted by molar-refractivity contribution is 5.94. The Labute approximate surface area is 104 Å². The molecule has 0 aromatic carbocycles. The van der Waals surface area contributed by atoms with Gasteiger partial charge in [-0.15, -0.1) is 0 Å². The molecular formula is C11H15N3O4. The van der Waals surface area contributed by atoms with E-state index in [1.807, 2.05) is 0 Å². The quantitative estimate of drug-likeness (QED) is 0.586. The van der Waals surface area contributed by atoms with Crippen LogP contribution in [0.3, 0.4) is 0 Å². The molecule has 98 valence electrons. The number of aromatic nitrogens is 2. The summed E-state index contributed by atoms with van der Waals surface area (Å²) >= 11 is 0. The molecule has 1 atom stereocenters. The van der Waals surface area contributed by atoms with E-state index < -0.39 is 17.9 Å². The molecule has 0 fully saturated rings. The summed E-state index contributed by atoms with van der Waals surface area (Å²) in [6.45, 7) is -0.303. The molecule has 0 radical (unpaired) electrons. The lowest BCUT2D eigenvalue weighted by molar-refractivity contribution is -0.141. The molecule has 0 saturated carbocycles. The van der Waals surface area contributed by atoms with Crippen LogP contribution in [0.25, 0.3) is 6.08 Å². The first-order valence-corrected chi connectivity index (χ1v) is 5.35. The molecule has 0 saturated heterocycles. The van der Waals surface area contributed by atoms with Gasteiger partial charge in [-0.1, -0.05) is 0 Å². The van der Waals surface area contributed by atoms with Crippen LogP contribution in [0.15, 0.2) is 18.3 Å². The lowest BCUT2D eigenvalue weighted by Gasteiger charge is -2.11. The van der Waals surface area contributed by atoms with Gasteiger partial charge < -0.3 is 15.5 Å². The second-order valence-electron chi connectivity index (χ2n) is 3.62. The second-order valence-corrected chi connectivity index (χ2v) is 3.62. The lowest BCUT2D eigenvalue weighted by Crippen LogP contribution is -2.40. The van der Waals surface area contributed by atoms with Crippen molar-refractivity contribution in [2.45, 2.75) is 12.5 Å². The molecule has 0 aliphatic carbocycles. The van der Waals surface area contributed by atoms with Gasteiger partial charge in [0.15, 0.2) is 0 Å². The van der Waals surface area contributed by atoms with Crippen molar-refractivity contribution in [3.05, 3.63) is 24.0 Å². The number of nitrogens with zero attached hydrogens (tertiary/aromatic N) is 2. The molecule has 18 heavy (non-hydrogen) atoms. The molecule has 1 rings (SSSR count). The van der Waals surface area contributed by atoms with E-state index in [0.29, 0.717) is 0 Å². The Morgan fingerprint density at radius 2 is 2.33 bits per heavy atom. The van der Waals surface area contributed by atoms with Crippen molar-refractivity contribution in [1.29, 1.82) is 0 Å². The zero-order valence-corrected chi connectivity index (χ0v) is 9.91. The Morgan fingerprint density at radius 3 is 2.83 bits per heavy atom. The standard InChI is InChI=1S/C11H15N3O4/c1-14-8(4-6-12-14)2-3-10(16)13-9(5-7-15)11(17)18/h2-4,6,9,15H,5,7H2,1H3,(H,13,16)(H,17,18). The van der Waals surface area contributed by atoms with Gasteiger partial charge in [-0.05, 0) is 12.1 Å². The summed E-state index contributed by atoms with van der Waals surface area (Å²) in [7, 11) is 1.73. The van der Waals surface area contributed by atoms with Gasteiger partial charge in [0.2, 0.25) is 5.91 Å². The largest absolute Gasteiger partial charge is 0.480 e. The second kappa shape index (κ2) is 6.55. The SMILES string of the molecule is Cn1nccc1C=CC(=O)NC(CCO)C(=O)O. The van der Waals surface area contributed by atoms with Gasteiger partial charge >= 0.3 is 5.97 Å². The van der Waals surface area contributed by atoms with Crippen molar-refractivity contribution in [2.24, 2.45) is 7.05 Å². The number of hydrogen-bond donors (Lipinski definition) is 3. The molecule has 1 aromatic heterocycles.